The van der Waals surface area contributed by atoms with Crippen molar-refractivity contribution < 1.29 is 33.7 Å². The van der Waals surface area contributed by atoms with Crippen molar-refractivity contribution in [3.63, 3.8) is 0 Å². The van der Waals surface area contributed by atoms with Crippen molar-refractivity contribution in [2.45, 2.75) is 19.5 Å². The molecule has 0 fully saturated rings. The fraction of sp³-hybridized carbons (Fsp3) is 0.185. The number of fused-ring (bicyclic) bond motifs is 1. The topological polar surface area (TPSA) is 109 Å². The number of para-hydroxylation sites is 1. The lowest BCUT2D eigenvalue weighted by Gasteiger charge is -2.26. The quantitative estimate of drug-likeness (QED) is 0.309. The number of furan rings is 1. The van der Waals surface area contributed by atoms with Crippen molar-refractivity contribution in [2.24, 2.45) is 0 Å². The molecule has 0 aliphatic carbocycles. The largest absolute Gasteiger partial charge is 0.504 e. The van der Waals surface area contributed by atoms with E-state index >= 15 is 0 Å². The Labute approximate surface area is 210 Å². The number of carbonyl (C=O) groups is 2. The first kappa shape index (κ1) is 23.5. The van der Waals surface area contributed by atoms with Gasteiger partial charge in [-0.05, 0) is 48.2 Å². The zero-order valence-corrected chi connectivity index (χ0v) is 20.4. The zero-order valence-electron chi connectivity index (χ0n) is 19.6. The molecule has 2 aromatic heterocycles. The molecule has 1 amide bonds. The van der Waals surface area contributed by atoms with E-state index in [4.69, 9.17) is 13.9 Å². The van der Waals surface area contributed by atoms with Crippen LogP contribution in [0.4, 0.5) is 0 Å². The molecule has 5 rings (SSSR count). The number of Topliss-reactive ketones (excluding diaryl/α,β-unsaturated/α-hetero) is 1. The van der Waals surface area contributed by atoms with Gasteiger partial charge in [0.05, 0.1) is 31.9 Å². The van der Waals surface area contributed by atoms with E-state index in [1.807, 2.05) is 17.5 Å². The van der Waals surface area contributed by atoms with Gasteiger partial charge in [0.2, 0.25) is 5.78 Å². The van der Waals surface area contributed by atoms with E-state index in [-0.39, 0.29) is 29.4 Å². The minimum absolute atomic E-state index is 0.0318. The highest BCUT2D eigenvalue weighted by atomic mass is 32.1. The van der Waals surface area contributed by atoms with Crippen LogP contribution in [-0.4, -0.2) is 40.5 Å². The fourth-order valence-electron chi connectivity index (χ4n) is 4.38. The van der Waals surface area contributed by atoms with Crippen molar-refractivity contribution in [1.82, 2.24) is 4.90 Å². The van der Waals surface area contributed by atoms with Crippen LogP contribution in [0, 0.1) is 0 Å². The average molecular weight is 506 g/mol. The molecule has 2 aromatic carbocycles. The van der Waals surface area contributed by atoms with Crippen LogP contribution in [0.25, 0.3) is 11.0 Å². The van der Waals surface area contributed by atoms with Gasteiger partial charge in [-0.15, -0.1) is 11.3 Å². The van der Waals surface area contributed by atoms with Gasteiger partial charge in [-0.1, -0.05) is 24.3 Å². The number of benzene rings is 2. The second-order valence-electron chi connectivity index (χ2n) is 8.16. The Morgan fingerprint density at radius 1 is 1.11 bits per heavy atom. The number of hydrogen-bond donors (Lipinski definition) is 2. The summed E-state index contributed by atoms with van der Waals surface area (Å²) in [5.74, 6) is -1.36. The summed E-state index contributed by atoms with van der Waals surface area (Å²) in [5, 5.41) is 23.7. The normalized spacial score (nSPS) is 15.7. The molecule has 0 saturated carbocycles. The standard InChI is InChI=1S/C27H23NO7S/c1-3-34-20-12-15(9-10-18(20)29)23-22(25(31)27(32)28(23)14-17-7-5-11-36-17)24(30)21-13-16-6-4-8-19(33-2)26(16)35-21/h4-13,23,29,31H,3,14H2,1-2H3. The predicted octanol–water partition coefficient (Wildman–Crippen LogP) is 5.39. The first-order valence-corrected chi connectivity index (χ1v) is 12.1. The summed E-state index contributed by atoms with van der Waals surface area (Å²) >= 11 is 1.46. The number of aromatic hydroxyl groups is 1. The molecule has 184 valence electrons. The number of ether oxygens (including phenoxy) is 2. The number of amides is 1. The molecule has 1 atom stereocenters. The maximum atomic E-state index is 13.8. The zero-order chi connectivity index (χ0) is 25.4. The number of carbonyl (C=O) groups excluding carboxylic acids is 2. The van der Waals surface area contributed by atoms with Crippen LogP contribution in [0.1, 0.15) is 34.0 Å². The van der Waals surface area contributed by atoms with Gasteiger partial charge in [-0.2, -0.15) is 0 Å². The first-order chi connectivity index (χ1) is 17.4. The Balaban J connectivity index is 1.63. The number of methoxy groups -OCH3 is 1. The second kappa shape index (κ2) is 9.43. The Morgan fingerprint density at radius 2 is 1.94 bits per heavy atom. The molecule has 1 aliphatic heterocycles. The summed E-state index contributed by atoms with van der Waals surface area (Å²) in [4.78, 5) is 29.3. The van der Waals surface area contributed by atoms with Gasteiger partial charge in [-0.3, -0.25) is 9.59 Å². The third kappa shape index (κ3) is 3.97. The van der Waals surface area contributed by atoms with E-state index in [1.165, 1.54) is 29.4 Å². The van der Waals surface area contributed by atoms with Crippen LogP contribution >= 0.6 is 11.3 Å². The van der Waals surface area contributed by atoms with Crippen LogP contribution in [-0.2, 0) is 11.3 Å². The summed E-state index contributed by atoms with van der Waals surface area (Å²) in [6.07, 6.45) is 0. The first-order valence-electron chi connectivity index (χ1n) is 11.3. The van der Waals surface area contributed by atoms with Crippen molar-refractivity contribution in [1.29, 1.82) is 0 Å². The second-order valence-corrected chi connectivity index (χ2v) is 9.19. The number of ketones is 1. The number of thiophene rings is 1. The Bertz CT molecular complexity index is 1490. The van der Waals surface area contributed by atoms with Gasteiger partial charge in [0.15, 0.2) is 34.4 Å². The van der Waals surface area contributed by atoms with E-state index in [0.29, 0.717) is 28.9 Å². The summed E-state index contributed by atoms with van der Waals surface area (Å²) in [6, 6.07) is 14.3. The number of hydrogen-bond acceptors (Lipinski definition) is 8. The van der Waals surface area contributed by atoms with Gasteiger partial charge >= 0.3 is 0 Å². The van der Waals surface area contributed by atoms with Crippen LogP contribution < -0.4 is 9.47 Å². The molecule has 1 aliphatic rings. The van der Waals surface area contributed by atoms with Crippen molar-refractivity contribution >= 4 is 34.0 Å². The number of phenolic OH excluding ortho intramolecular Hbond substituents is 1. The highest BCUT2D eigenvalue weighted by Crippen LogP contribution is 2.43. The Kier molecular flexibility index (Phi) is 6.15. The van der Waals surface area contributed by atoms with Gasteiger partial charge in [-0.25, -0.2) is 0 Å². The predicted molar refractivity (Wildman–Crippen MR) is 134 cm³/mol. The maximum Gasteiger partial charge on any atom is 0.290 e. The maximum absolute atomic E-state index is 13.8. The Hall–Kier alpha value is -4.24. The SMILES string of the molecule is CCOc1cc(C2C(C(=O)c3cc4cccc(OC)c4o3)=C(O)C(=O)N2Cc2cccs2)ccc1O. The minimum atomic E-state index is -0.929. The molecule has 0 radical (unpaired) electrons. The molecule has 0 bridgehead atoms. The van der Waals surface area contributed by atoms with Crippen LogP contribution in [0.15, 0.2) is 75.7 Å². The summed E-state index contributed by atoms with van der Waals surface area (Å²) < 4.78 is 16.7. The fourth-order valence-corrected chi connectivity index (χ4v) is 5.08. The number of phenols is 1. The van der Waals surface area contributed by atoms with E-state index < -0.39 is 23.5 Å². The molecule has 3 heterocycles. The van der Waals surface area contributed by atoms with E-state index in [2.05, 4.69) is 0 Å². The molecular weight excluding hydrogens is 482 g/mol. The molecule has 4 aromatic rings. The third-order valence-corrected chi connectivity index (χ3v) is 6.87. The molecule has 36 heavy (non-hydrogen) atoms. The molecule has 2 N–H and O–H groups in total. The van der Waals surface area contributed by atoms with Crippen molar-refractivity contribution in [3.8, 4) is 17.2 Å². The van der Waals surface area contributed by atoms with Crippen molar-refractivity contribution in [2.75, 3.05) is 13.7 Å². The molecule has 0 saturated heterocycles. The lowest BCUT2D eigenvalue weighted by Crippen LogP contribution is -2.30. The van der Waals surface area contributed by atoms with E-state index in [9.17, 15) is 19.8 Å². The lowest BCUT2D eigenvalue weighted by atomic mass is 9.94. The third-order valence-electron chi connectivity index (χ3n) is 6.01. The van der Waals surface area contributed by atoms with Crippen molar-refractivity contribution in [3.05, 3.63) is 87.5 Å². The smallest absolute Gasteiger partial charge is 0.290 e. The van der Waals surface area contributed by atoms with Crippen LogP contribution in [0.5, 0.6) is 17.2 Å². The van der Waals surface area contributed by atoms with E-state index in [1.54, 1.807) is 43.3 Å². The van der Waals surface area contributed by atoms with Gasteiger partial charge in [0, 0.05) is 10.3 Å². The van der Waals surface area contributed by atoms with Gasteiger partial charge < -0.3 is 29.0 Å². The van der Waals surface area contributed by atoms with Gasteiger partial charge in [0.25, 0.3) is 5.91 Å². The van der Waals surface area contributed by atoms with Gasteiger partial charge in [0.1, 0.15) is 0 Å². The van der Waals surface area contributed by atoms with Crippen LogP contribution in [0.3, 0.4) is 0 Å². The Morgan fingerprint density at radius 3 is 2.67 bits per heavy atom. The number of rotatable bonds is 8. The minimum Gasteiger partial charge on any atom is -0.504 e. The molecule has 0 spiro atoms. The summed E-state index contributed by atoms with van der Waals surface area (Å²) in [7, 11) is 1.50. The summed E-state index contributed by atoms with van der Waals surface area (Å²) in [6.45, 7) is 2.28. The average Bonchev–Trinajstić information content (AvgIpc) is 3.60. The highest BCUT2D eigenvalue weighted by Gasteiger charge is 2.45. The molecule has 1 unspecified atom stereocenters. The number of aliphatic hydroxyl groups is 1. The molecular formula is C27H23NO7S. The van der Waals surface area contributed by atoms with Crippen LogP contribution in [0.2, 0.25) is 0 Å². The van der Waals surface area contributed by atoms with E-state index in [0.717, 1.165) is 4.88 Å². The number of nitrogens with zero attached hydrogens (tertiary/aromatic N) is 1. The lowest BCUT2D eigenvalue weighted by molar-refractivity contribution is -0.130. The highest BCUT2D eigenvalue weighted by molar-refractivity contribution is 7.09. The molecule has 8 nitrogen and oxygen atoms in total. The molecule has 9 heteroatoms. The monoisotopic (exact) mass is 505 g/mol. The number of aliphatic hydroxyl groups excluding tert-OH is 1. The summed E-state index contributed by atoms with van der Waals surface area (Å²) in [5.41, 5.74) is 0.785.